The first-order valence-corrected chi connectivity index (χ1v) is 5.73. The van der Waals surface area contributed by atoms with E-state index in [2.05, 4.69) is 6.08 Å². The molecular weight excluding hydrogens is 196 g/mol. The quantitative estimate of drug-likeness (QED) is 0.750. The first-order valence-electron chi connectivity index (χ1n) is 5.73. The summed E-state index contributed by atoms with van der Waals surface area (Å²) >= 11 is 0. The number of hydrogen-bond donors (Lipinski definition) is 0. The van der Waals surface area contributed by atoms with Gasteiger partial charge in [-0.05, 0) is 12.0 Å². The Labute approximate surface area is 96.5 Å². The Hall–Kier alpha value is -1.63. The van der Waals surface area contributed by atoms with Gasteiger partial charge in [-0.25, -0.2) is 0 Å². The van der Waals surface area contributed by atoms with Crippen LogP contribution in [0.25, 0.3) is 0 Å². The summed E-state index contributed by atoms with van der Waals surface area (Å²) in [5.41, 5.74) is 0.674. The Balaban J connectivity index is 2.47. The molecule has 0 saturated carbocycles. The van der Waals surface area contributed by atoms with Crippen LogP contribution in [-0.4, -0.2) is 5.78 Å². The Kier molecular flexibility index (Phi) is 3.04. The van der Waals surface area contributed by atoms with Crippen molar-refractivity contribution in [2.24, 2.45) is 0 Å². The maximum Gasteiger partial charge on any atom is 0.147 e. The summed E-state index contributed by atoms with van der Waals surface area (Å²) in [4.78, 5) is 12.2. The monoisotopic (exact) mass is 212 g/mol. The molecule has 1 aliphatic rings. The number of rotatable bonds is 3. The van der Waals surface area contributed by atoms with Crippen molar-refractivity contribution < 1.29 is 4.79 Å². The predicted molar refractivity (Wildman–Crippen MR) is 66.3 cm³/mol. The van der Waals surface area contributed by atoms with Crippen LogP contribution in [0, 0.1) is 0 Å². The minimum absolute atomic E-state index is 0.291. The second-order valence-electron chi connectivity index (χ2n) is 4.11. The summed E-state index contributed by atoms with van der Waals surface area (Å²) in [5.74, 6) is 0.291. The molecule has 1 aromatic carbocycles. The molecule has 1 nitrogen and oxygen atoms in total. The van der Waals surface area contributed by atoms with Crippen LogP contribution in [0.15, 0.2) is 54.6 Å². The highest BCUT2D eigenvalue weighted by molar-refractivity contribution is 5.92. The lowest BCUT2D eigenvalue weighted by molar-refractivity contribution is -0.122. The minimum atomic E-state index is -0.426. The Morgan fingerprint density at radius 1 is 1.25 bits per heavy atom. The van der Waals surface area contributed by atoms with E-state index >= 15 is 0 Å². The highest BCUT2D eigenvalue weighted by Gasteiger charge is 2.35. The van der Waals surface area contributed by atoms with Gasteiger partial charge in [0.05, 0.1) is 5.41 Å². The predicted octanol–water partition coefficient (Wildman–Crippen LogP) is 3.42. The molecule has 1 atom stereocenters. The third-order valence-electron chi connectivity index (χ3n) is 3.18. The third kappa shape index (κ3) is 1.73. The third-order valence-corrected chi connectivity index (χ3v) is 3.18. The second-order valence-corrected chi connectivity index (χ2v) is 4.11. The van der Waals surface area contributed by atoms with Crippen LogP contribution in [-0.2, 0) is 10.2 Å². The van der Waals surface area contributed by atoms with E-state index in [0.717, 1.165) is 12.0 Å². The number of hydrogen-bond acceptors (Lipinski definition) is 1. The molecule has 0 spiro atoms. The molecule has 1 unspecified atom stereocenters. The molecule has 0 heterocycles. The van der Waals surface area contributed by atoms with E-state index in [4.69, 9.17) is 0 Å². The lowest BCUT2D eigenvalue weighted by atomic mass is 9.71. The maximum absolute atomic E-state index is 12.2. The van der Waals surface area contributed by atoms with Crippen molar-refractivity contribution in [1.82, 2.24) is 0 Å². The average Bonchev–Trinajstić information content (AvgIpc) is 2.39. The fraction of sp³-hybridized carbons (Fsp3) is 0.267. The van der Waals surface area contributed by atoms with E-state index in [1.54, 1.807) is 0 Å². The number of benzene rings is 1. The van der Waals surface area contributed by atoms with Crippen LogP contribution >= 0.6 is 0 Å². The van der Waals surface area contributed by atoms with Gasteiger partial charge in [0.2, 0.25) is 0 Å². The minimum Gasteiger partial charge on any atom is -0.298 e. The van der Waals surface area contributed by atoms with Crippen LogP contribution in [0.4, 0.5) is 0 Å². The van der Waals surface area contributed by atoms with Gasteiger partial charge in [0.1, 0.15) is 5.78 Å². The van der Waals surface area contributed by atoms with Gasteiger partial charge in [-0.3, -0.25) is 4.79 Å². The smallest absolute Gasteiger partial charge is 0.147 e. The zero-order valence-electron chi connectivity index (χ0n) is 9.52. The van der Waals surface area contributed by atoms with Crippen LogP contribution in [0.1, 0.15) is 25.3 Å². The van der Waals surface area contributed by atoms with Crippen molar-refractivity contribution in [3.63, 3.8) is 0 Å². The van der Waals surface area contributed by atoms with Gasteiger partial charge in [-0.15, -0.1) is 0 Å². The van der Waals surface area contributed by atoms with E-state index < -0.39 is 5.41 Å². The molecule has 0 fully saturated rings. The molecule has 0 saturated heterocycles. The van der Waals surface area contributed by atoms with Crippen LogP contribution in [0.2, 0.25) is 0 Å². The Morgan fingerprint density at radius 3 is 2.56 bits per heavy atom. The first kappa shape index (κ1) is 10.9. The van der Waals surface area contributed by atoms with Crippen molar-refractivity contribution in [3.8, 4) is 0 Å². The molecule has 82 valence electrons. The molecule has 16 heavy (non-hydrogen) atoms. The summed E-state index contributed by atoms with van der Waals surface area (Å²) in [5, 5.41) is 0. The van der Waals surface area contributed by atoms with E-state index in [-0.39, 0.29) is 0 Å². The normalized spacial score (nSPS) is 23.3. The Bertz CT molecular complexity index is 428. The van der Waals surface area contributed by atoms with Crippen LogP contribution in [0.3, 0.4) is 0 Å². The molecule has 1 aliphatic carbocycles. The van der Waals surface area contributed by atoms with Gasteiger partial charge in [-0.1, -0.05) is 61.6 Å². The maximum atomic E-state index is 12.2. The van der Waals surface area contributed by atoms with Crippen molar-refractivity contribution in [1.29, 1.82) is 0 Å². The van der Waals surface area contributed by atoms with Gasteiger partial charge < -0.3 is 0 Å². The summed E-state index contributed by atoms with van der Waals surface area (Å²) in [7, 11) is 0. The Morgan fingerprint density at radius 2 is 2.00 bits per heavy atom. The van der Waals surface area contributed by atoms with E-state index in [0.29, 0.717) is 12.2 Å². The lowest BCUT2D eigenvalue weighted by Gasteiger charge is -2.30. The summed E-state index contributed by atoms with van der Waals surface area (Å²) in [6.45, 7) is 1.93. The van der Waals surface area contributed by atoms with E-state index in [9.17, 15) is 4.79 Å². The van der Waals surface area contributed by atoms with Gasteiger partial charge >= 0.3 is 0 Å². The largest absolute Gasteiger partial charge is 0.298 e. The highest BCUT2D eigenvalue weighted by atomic mass is 16.1. The lowest BCUT2D eigenvalue weighted by Crippen LogP contribution is -2.33. The molecule has 1 aromatic rings. The van der Waals surface area contributed by atoms with Gasteiger partial charge in [0.25, 0.3) is 0 Å². The van der Waals surface area contributed by atoms with Crippen molar-refractivity contribution in [2.45, 2.75) is 25.2 Å². The molecular formula is C15H16O. The fourth-order valence-corrected chi connectivity index (χ4v) is 2.25. The van der Waals surface area contributed by atoms with Crippen LogP contribution in [0.5, 0.6) is 0 Å². The number of carbonyl (C=O) groups excluding carboxylic acids is 1. The fourth-order valence-electron chi connectivity index (χ4n) is 2.25. The molecule has 0 radical (unpaired) electrons. The molecule has 0 aliphatic heterocycles. The van der Waals surface area contributed by atoms with E-state index in [1.807, 2.05) is 55.5 Å². The molecule has 0 aromatic heterocycles. The zero-order chi connectivity index (χ0) is 11.4. The molecule has 0 N–H and O–H groups in total. The standard InChI is InChI=1S/C15H16O/c1-2-14(16)15(11-7-4-8-12-15)13-9-5-3-6-10-13/h3-11H,2,12H2,1H3. The summed E-state index contributed by atoms with van der Waals surface area (Å²) in [6, 6.07) is 10.0. The van der Waals surface area contributed by atoms with Crippen molar-refractivity contribution in [2.75, 3.05) is 0 Å². The molecule has 0 amide bonds. The molecule has 0 bridgehead atoms. The van der Waals surface area contributed by atoms with E-state index in [1.165, 1.54) is 0 Å². The van der Waals surface area contributed by atoms with Crippen molar-refractivity contribution >= 4 is 5.78 Å². The average molecular weight is 212 g/mol. The SMILES string of the molecule is CCC(=O)C1(c2ccccc2)C=CC=CC1. The van der Waals surface area contributed by atoms with Gasteiger partial charge in [0, 0.05) is 6.42 Å². The summed E-state index contributed by atoms with van der Waals surface area (Å²) in [6.07, 6.45) is 9.44. The topological polar surface area (TPSA) is 17.1 Å². The molecule has 1 heteroatoms. The van der Waals surface area contributed by atoms with Crippen molar-refractivity contribution in [3.05, 3.63) is 60.2 Å². The highest BCUT2D eigenvalue weighted by Crippen LogP contribution is 2.34. The number of allylic oxidation sites excluding steroid dienone is 4. The van der Waals surface area contributed by atoms with Gasteiger partial charge in [-0.2, -0.15) is 0 Å². The number of ketones is 1. The number of Topliss-reactive ketones (excluding diaryl/α,β-unsaturated/α-hetero) is 1. The second kappa shape index (κ2) is 4.48. The number of carbonyl (C=O) groups is 1. The first-order chi connectivity index (χ1) is 7.79. The van der Waals surface area contributed by atoms with Gasteiger partial charge in [0.15, 0.2) is 0 Å². The zero-order valence-corrected chi connectivity index (χ0v) is 9.52. The summed E-state index contributed by atoms with van der Waals surface area (Å²) < 4.78 is 0. The van der Waals surface area contributed by atoms with Crippen LogP contribution < -0.4 is 0 Å². The molecule has 2 rings (SSSR count).